The maximum absolute atomic E-state index is 12.7. The number of hydrogen-bond acceptors (Lipinski definition) is 4. The van der Waals surface area contributed by atoms with Gasteiger partial charge in [0.25, 0.3) is 0 Å². The lowest BCUT2D eigenvalue weighted by Gasteiger charge is -2.10. The molecule has 0 radical (unpaired) electrons. The molecule has 4 rings (SSSR count). The van der Waals surface area contributed by atoms with Gasteiger partial charge in [-0.15, -0.1) is 0 Å². The minimum atomic E-state index is -0.275. The van der Waals surface area contributed by atoms with E-state index in [1.165, 1.54) is 6.26 Å². The summed E-state index contributed by atoms with van der Waals surface area (Å²) >= 11 is 15.7. The molecule has 29 heavy (non-hydrogen) atoms. The van der Waals surface area contributed by atoms with Crippen molar-refractivity contribution in [1.29, 1.82) is 0 Å². The molecule has 1 heterocycles. The molecule has 1 aromatic heterocycles. The van der Waals surface area contributed by atoms with Gasteiger partial charge in [-0.3, -0.25) is 4.79 Å². The number of hydrogen-bond donors (Lipinski definition) is 0. The summed E-state index contributed by atoms with van der Waals surface area (Å²) < 4.78 is 17.8. The quantitative estimate of drug-likeness (QED) is 0.295. The highest BCUT2D eigenvalue weighted by molar-refractivity contribution is 9.10. The van der Waals surface area contributed by atoms with Gasteiger partial charge in [-0.1, -0.05) is 41.4 Å². The highest BCUT2D eigenvalue weighted by Crippen LogP contribution is 2.30. The summed E-state index contributed by atoms with van der Waals surface area (Å²) in [6, 6.07) is 17.5. The Morgan fingerprint density at radius 1 is 0.931 bits per heavy atom. The first-order valence-corrected chi connectivity index (χ1v) is 10.1. The Bertz CT molecular complexity index is 1230. The van der Waals surface area contributed by atoms with Crippen molar-refractivity contribution in [1.82, 2.24) is 0 Å². The van der Waals surface area contributed by atoms with Crippen molar-refractivity contribution in [3.63, 3.8) is 0 Å². The average Bonchev–Trinajstić information content (AvgIpc) is 2.71. The van der Waals surface area contributed by atoms with E-state index in [9.17, 15) is 4.79 Å². The van der Waals surface area contributed by atoms with Crippen molar-refractivity contribution in [2.24, 2.45) is 0 Å². The van der Waals surface area contributed by atoms with Gasteiger partial charge in [0, 0.05) is 21.7 Å². The minimum Gasteiger partial charge on any atom is -0.489 e. The van der Waals surface area contributed by atoms with E-state index >= 15 is 0 Å². The van der Waals surface area contributed by atoms with E-state index < -0.39 is 0 Å². The Hall–Kier alpha value is -2.47. The van der Waals surface area contributed by atoms with Gasteiger partial charge in [0.1, 0.15) is 30.0 Å². The molecule has 4 aromatic rings. The number of ether oxygens (including phenoxy) is 2. The fraction of sp³-hybridized carbons (Fsp3) is 0.0455. The van der Waals surface area contributed by atoms with Gasteiger partial charge in [-0.05, 0) is 52.3 Å². The second-order valence-electron chi connectivity index (χ2n) is 6.11. The molecule has 0 aliphatic rings. The summed E-state index contributed by atoms with van der Waals surface area (Å²) in [6.45, 7) is 0.192. The lowest BCUT2D eigenvalue weighted by atomic mass is 10.2. The van der Waals surface area contributed by atoms with Crippen LogP contribution in [0.1, 0.15) is 5.56 Å². The van der Waals surface area contributed by atoms with E-state index in [0.29, 0.717) is 38.1 Å². The van der Waals surface area contributed by atoms with Crippen molar-refractivity contribution in [2.45, 2.75) is 6.61 Å². The lowest BCUT2D eigenvalue weighted by Crippen LogP contribution is -2.05. The van der Waals surface area contributed by atoms with Crippen LogP contribution >= 0.6 is 39.1 Å². The zero-order valence-electron chi connectivity index (χ0n) is 14.8. The van der Waals surface area contributed by atoms with Gasteiger partial charge in [0.05, 0.1) is 9.86 Å². The van der Waals surface area contributed by atoms with Crippen LogP contribution in [0.2, 0.25) is 10.0 Å². The third-order valence-corrected chi connectivity index (χ3v) is 5.58. The summed E-state index contributed by atoms with van der Waals surface area (Å²) in [5, 5.41) is 1.44. The molecular weight excluding hydrogens is 479 g/mol. The van der Waals surface area contributed by atoms with Crippen molar-refractivity contribution in [3.05, 3.63) is 97.2 Å². The molecule has 0 aliphatic heterocycles. The first kappa shape index (κ1) is 19.8. The van der Waals surface area contributed by atoms with Crippen LogP contribution in [0.5, 0.6) is 17.2 Å². The summed E-state index contributed by atoms with van der Waals surface area (Å²) in [7, 11) is 0. The molecule has 0 aliphatic carbocycles. The maximum Gasteiger partial charge on any atom is 0.235 e. The highest BCUT2D eigenvalue weighted by atomic mass is 79.9. The van der Waals surface area contributed by atoms with Crippen LogP contribution in [0.3, 0.4) is 0 Å². The molecule has 0 saturated carbocycles. The number of para-hydroxylation sites is 1. The third kappa shape index (κ3) is 4.27. The van der Waals surface area contributed by atoms with Crippen LogP contribution in [0.25, 0.3) is 11.0 Å². The van der Waals surface area contributed by atoms with Crippen molar-refractivity contribution < 1.29 is 13.9 Å². The molecule has 0 fully saturated rings. The highest BCUT2D eigenvalue weighted by Gasteiger charge is 2.12. The Labute approximate surface area is 184 Å². The third-order valence-electron chi connectivity index (χ3n) is 4.22. The summed E-state index contributed by atoms with van der Waals surface area (Å²) in [6.07, 6.45) is 1.29. The zero-order valence-corrected chi connectivity index (χ0v) is 17.9. The molecule has 146 valence electrons. The van der Waals surface area contributed by atoms with Gasteiger partial charge in [0.15, 0.2) is 0 Å². The number of benzene rings is 3. The Balaban J connectivity index is 1.59. The number of halogens is 3. The fourth-order valence-electron chi connectivity index (χ4n) is 2.72. The predicted octanol–water partition coefficient (Wildman–Crippen LogP) is 7.23. The first-order chi connectivity index (χ1) is 14.0. The summed E-state index contributed by atoms with van der Waals surface area (Å²) in [5.74, 6) is 1.15. The molecule has 0 amide bonds. The molecule has 0 spiro atoms. The summed E-state index contributed by atoms with van der Waals surface area (Å²) in [5.41, 5.74) is 0.800. The zero-order chi connectivity index (χ0) is 20.4. The number of fused-ring (bicyclic) bond motifs is 1. The van der Waals surface area contributed by atoms with Crippen LogP contribution in [-0.2, 0) is 6.61 Å². The molecule has 0 saturated heterocycles. The van der Waals surface area contributed by atoms with Gasteiger partial charge in [-0.25, -0.2) is 0 Å². The molecular formula is C22H13BrCl2O4. The van der Waals surface area contributed by atoms with Crippen molar-refractivity contribution in [3.8, 4) is 17.2 Å². The fourth-order valence-corrected chi connectivity index (χ4v) is 3.60. The van der Waals surface area contributed by atoms with Gasteiger partial charge in [-0.2, -0.15) is 0 Å². The van der Waals surface area contributed by atoms with Crippen LogP contribution in [0, 0.1) is 0 Å². The van der Waals surface area contributed by atoms with E-state index in [-0.39, 0.29) is 17.8 Å². The van der Waals surface area contributed by atoms with E-state index in [4.69, 9.17) is 37.1 Å². The Kier molecular flexibility index (Phi) is 5.81. The van der Waals surface area contributed by atoms with E-state index in [0.717, 1.165) is 4.47 Å². The van der Waals surface area contributed by atoms with Crippen LogP contribution in [-0.4, -0.2) is 0 Å². The van der Waals surface area contributed by atoms with Crippen molar-refractivity contribution >= 4 is 50.1 Å². The standard InChI is InChI=1S/C22H13BrCl2O4/c23-16-4-1-2-7-19(16)29-21-12-28-20-10-13(8-9-14(20)22(21)26)27-11-15-17(24)5-3-6-18(15)25/h1-10,12H,11H2. The molecule has 0 atom stereocenters. The second kappa shape index (κ2) is 8.49. The average molecular weight is 492 g/mol. The second-order valence-corrected chi connectivity index (χ2v) is 7.78. The smallest absolute Gasteiger partial charge is 0.235 e. The van der Waals surface area contributed by atoms with Crippen LogP contribution < -0.4 is 14.9 Å². The monoisotopic (exact) mass is 490 g/mol. The Morgan fingerprint density at radius 3 is 2.45 bits per heavy atom. The molecule has 7 heteroatoms. The molecule has 0 unspecified atom stereocenters. The first-order valence-electron chi connectivity index (χ1n) is 8.56. The van der Waals surface area contributed by atoms with Gasteiger partial charge in [0.2, 0.25) is 11.2 Å². The minimum absolute atomic E-state index is 0.0981. The van der Waals surface area contributed by atoms with E-state index in [1.54, 1.807) is 42.5 Å². The normalized spacial score (nSPS) is 10.9. The summed E-state index contributed by atoms with van der Waals surface area (Å²) in [4.78, 5) is 12.7. The predicted molar refractivity (Wildman–Crippen MR) is 117 cm³/mol. The van der Waals surface area contributed by atoms with E-state index in [1.807, 2.05) is 18.2 Å². The topological polar surface area (TPSA) is 48.7 Å². The molecule has 3 aromatic carbocycles. The molecule has 0 bridgehead atoms. The Morgan fingerprint density at radius 2 is 1.69 bits per heavy atom. The molecule has 0 N–H and O–H groups in total. The SMILES string of the molecule is O=c1c(Oc2ccccc2Br)coc2cc(OCc3c(Cl)cccc3Cl)ccc12. The van der Waals surface area contributed by atoms with Crippen molar-refractivity contribution in [2.75, 3.05) is 0 Å². The maximum atomic E-state index is 12.7. The van der Waals surface area contributed by atoms with E-state index in [2.05, 4.69) is 15.9 Å². The van der Waals surface area contributed by atoms with Gasteiger partial charge >= 0.3 is 0 Å². The number of rotatable bonds is 5. The van der Waals surface area contributed by atoms with Crippen LogP contribution in [0.15, 0.2) is 80.6 Å². The lowest BCUT2D eigenvalue weighted by molar-refractivity contribution is 0.306. The molecule has 4 nitrogen and oxygen atoms in total. The largest absolute Gasteiger partial charge is 0.489 e. The van der Waals surface area contributed by atoms with Crippen LogP contribution in [0.4, 0.5) is 0 Å². The van der Waals surface area contributed by atoms with Gasteiger partial charge < -0.3 is 13.9 Å².